The van der Waals surface area contributed by atoms with Crippen molar-refractivity contribution in [2.75, 3.05) is 23.9 Å². The van der Waals surface area contributed by atoms with Crippen molar-refractivity contribution in [2.45, 2.75) is 25.8 Å². The van der Waals surface area contributed by atoms with Crippen LogP contribution in [0.3, 0.4) is 0 Å². The molecule has 2 unspecified atom stereocenters. The molecule has 0 aromatic heterocycles. The number of nitrogens with one attached hydrogen (secondary N) is 2. The first kappa shape index (κ1) is 14.3. The van der Waals surface area contributed by atoms with Crippen LogP contribution in [0.1, 0.15) is 18.9 Å². The maximum absolute atomic E-state index is 12.3. The molecule has 0 bridgehead atoms. The van der Waals surface area contributed by atoms with Crippen LogP contribution in [0, 0.1) is 5.92 Å². The summed E-state index contributed by atoms with van der Waals surface area (Å²) in [5, 5.41) is 6.52. The van der Waals surface area contributed by atoms with Crippen molar-refractivity contribution >= 4 is 23.4 Å². The van der Waals surface area contributed by atoms with Gasteiger partial charge in [0.15, 0.2) is 0 Å². The van der Waals surface area contributed by atoms with Gasteiger partial charge >= 0.3 is 0 Å². The lowest BCUT2D eigenvalue weighted by Crippen LogP contribution is -2.43. The summed E-state index contributed by atoms with van der Waals surface area (Å²) in [5.41, 5.74) is 2.41. The zero-order chi connectivity index (χ0) is 13.7. The summed E-state index contributed by atoms with van der Waals surface area (Å²) in [6.07, 6.45) is 3.90. The van der Waals surface area contributed by atoms with E-state index < -0.39 is 0 Å². The molecule has 1 aliphatic rings. The second-order valence-electron chi connectivity index (χ2n) is 5.01. The summed E-state index contributed by atoms with van der Waals surface area (Å²) in [7, 11) is 0. The Balaban J connectivity index is 1.95. The van der Waals surface area contributed by atoms with Crippen LogP contribution < -0.4 is 10.6 Å². The number of fused-ring (bicyclic) bond motifs is 1. The van der Waals surface area contributed by atoms with Gasteiger partial charge < -0.3 is 10.6 Å². The Kier molecular flexibility index (Phi) is 5.14. The summed E-state index contributed by atoms with van der Waals surface area (Å²) in [6.45, 7) is 2.86. The van der Waals surface area contributed by atoms with E-state index >= 15 is 0 Å². The Bertz CT molecular complexity index is 436. The molecule has 2 rings (SSSR count). The van der Waals surface area contributed by atoms with Crippen molar-refractivity contribution in [2.24, 2.45) is 5.92 Å². The van der Waals surface area contributed by atoms with Crippen molar-refractivity contribution in [3.05, 3.63) is 29.8 Å². The number of hydrogen-bond donors (Lipinski definition) is 2. The van der Waals surface area contributed by atoms with E-state index in [2.05, 4.69) is 35.9 Å². The molecule has 0 saturated carbocycles. The SMILES string of the molecule is CCC(CSC)NC(=O)C1CNc2ccccc2C1. The van der Waals surface area contributed by atoms with Crippen LogP contribution in [0.5, 0.6) is 0 Å². The Hall–Kier alpha value is -1.16. The second kappa shape index (κ2) is 6.85. The zero-order valence-electron chi connectivity index (χ0n) is 11.6. The van der Waals surface area contributed by atoms with Crippen molar-refractivity contribution < 1.29 is 4.79 Å². The molecule has 104 valence electrons. The van der Waals surface area contributed by atoms with Crippen LogP contribution in [0.25, 0.3) is 0 Å². The topological polar surface area (TPSA) is 41.1 Å². The van der Waals surface area contributed by atoms with E-state index in [4.69, 9.17) is 0 Å². The molecule has 3 nitrogen and oxygen atoms in total. The predicted molar refractivity (Wildman–Crippen MR) is 82.7 cm³/mol. The Morgan fingerprint density at radius 2 is 2.32 bits per heavy atom. The standard InChI is InChI=1S/C15H22N2OS/c1-3-13(10-19-2)17-15(18)12-8-11-6-4-5-7-14(11)16-9-12/h4-7,12-13,16H,3,8-10H2,1-2H3,(H,17,18). The van der Waals surface area contributed by atoms with E-state index in [1.54, 1.807) is 11.8 Å². The summed E-state index contributed by atoms with van der Waals surface area (Å²) < 4.78 is 0. The van der Waals surface area contributed by atoms with Crippen molar-refractivity contribution in [3.8, 4) is 0 Å². The minimum Gasteiger partial charge on any atom is -0.384 e. The summed E-state index contributed by atoms with van der Waals surface area (Å²) in [4.78, 5) is 12.3. The molecular formula is C15H22N2OS. The van der Waals surface area contributed by atoms with Gasteiger partial charge in [-0.1, -0.05) is 25.1 Å². The molecule has 4 heteroatoms. The number of thioether (sulfide) groups is 1. The highest BCUT2D eigenvalue weighted by Crippen LogP contribution is 2.24. The van der Waals surface area contributed by atoms with Gasteiger partial charge in [0, 0.05) is 24.0 Å². The van der Waals surface area contributed by atoms with Crippen LogP contribution in [0.4, 0.5) is 5.69 Å². The number of carbonyl (C=O) groups is 1. The van der Waals surface area contributed by atoms with Crippen LogP contribution >= 0.6 is 11.8 Å². The lowest BCUT2D eigenvalue weighted by molar-refractivity contribution is -0.125. The van der Waals surface area contributed by atoms with Crippen molar-refractivity contribution in [1.29, 1.82) is 0 Å². The molecule has 1 aliphatic heterocycles. The van der Waals surface area contributed by atoms with Gasteiger partial charge in [0.1, 0.15) is 0 Å². The average molecular weight is 278 g/mol. The minimum absolute atomic E-state index is 0.0470. The molecule has 2 N–H and O–H groups in total. The van der Waals surface area contributed by atoms with E-state index in [1.165, 1.54) is 11.3 Å². The fourth-order valence-electron chi connectivity index (χ4n) is 2.41. The molecule has 2 atom stereocenters. The van der Waals surface area contributed by atoms with E-state index in [1.807, 2.05) is 12.1 Å². The summed E-state index contributed by atoms with van der Waals surface area (Å²) in [5.74, 6) is 1.22. The molecule has 0 fully saturated rings. The Morgan fingerprint density at radius 1 is 1.53 bits per heavy atom. The van der Waals surface area contributed by atoms with Gasteiger partial charge in [-0.3, -0.25) is 4.79 Å². The maximum atomic E-state index is 12.3. The lowest BCUT2D eigenvalue weighted by Gasteiger charge is -2.27. The Labute approximate surface area is 119 Å². The third kappa shape index (κ3) is 3.66. The summed E-state index contributed by atoms with van der Waals surface area (Å²) >= 11 is 1.78. The van der Waals surface area contributed by atoms with Gasteiger partial charge in [-0.15, -0.1) is 0 Å². The van der Waals surface area contributed by atoms with Crippen molar-refractivity contribution in [1.82, 2.24) is 5.32 Å². The molecule has 1 amide bonds. The molecule has 1 aromatic rings. The van der Waals surface area contributed by atoms with Crippen LogP contribution in [0.15, 0.2) is 24.3 Å². The van der Waals surface area contributed by atoms with E-state index in [9.17, 15) is 4.79 Å². The summed E-state index contributed by atoms with van der Waals surface area (Å²) in [6, 6.07) is 8.52. The predicted octanol–water partition coefficient (Wildman–Crippen LogP) is 2.53. The normalized spacial score (nSPS) is 19.2. The number of para-hydroxylation sites is 1. The van der Waals surface area contributed by atoms with Crippen molar-refractivity contribution in [3.63, 3.8) is 0 Å². The molecular weight excluding hydrogens is 256 g/mol. The smallest absolute Gasteiger partial charge is 0.225 e. The molecule has 1 heterocycles. The quantitative estimate of drug-likeness (QED) is 0.869. The van der Waals surface area contributed by atoms with Gasteiger partial charge in [-0.25, -0.2) is 0 Å². The highest BCUT2D eigenvalue weighted by Gasteiger charge is 2.25. The highest BCUT2D eigenvalue weighted by atomic mass is 32.2. The largest absolute Gasteiger partial charge is 0.384 e. The number of amides is 1. The van der Waals surface area contributed by atoms with Gasteiger partial charge in [0.2, 0.25) is 5.91 Å². The third-order valence-electron chi connectivity index (χ3n) is 3.60. The van der Waals surface area contributed by atoms with Gasteiger partial charge in [-0.05, 0) is 30.7 Å². The molecule has 0 spiro atoms. The van der Waals surface area contributed by atoms with Crippen LogP contribution in [-0.4, -0.2) is 30.5 Å². The van der Waals surface area contributed by atoms with Gasteiger partial charge in [0.25, 0.3) is 0 Å². The highest BCUT2D eigenvalue weighted by molar-refractivity contribution is 7.98. The van der Waals surface area contributed by atoms with E-state index in [0.29, 0.717) is 6.04 Å². The number of hydrogen-bond acceptors (Lipinski definition) is 3. The second-order valence-corrected chi connectivity index (χ2v) is 5.92. The number of carbonyl (C=O) groups excluding carboxylic acids is 1. The number of rotatable bonds is 5. The fourth-order valence-corrected chi connectivity index (χ4v) is 3.13. The van der Waals surface area contributed by atoms with Crippen LogP contribution in [-0.2, 0) is 11.2 Å². The average Bonchev–Trinajstić information content (AvgIpc) is 2.46. The number of anilines is 1. The molecule has 0 saturated heterocycles. The zero-order valence-corrected chi connectivity index (χ0v) is 12.4. The fraction of sp³-hybridized carbons (Fsp3) is 0.533. The third-order valence-corrected chi connectivity index (χ3v) is 4.34. The van der Waals surface area contributed by atoms with Gasteiger partial charge in [-0.2, -0.15) is 11.8 Å². The Morgan fingerprint density at radius 3 is 3.05 bits per heavy atom. The monoisotopic (exact) mass is 278 g/mol. The molecule has 1 aromatic carbocycles. The first-order valence-corrected chi connectivity index (χ1v) is 8.25. The van der Waals surface area contributed by atoms with Crippen LogP contribution in [0.2, 0.25) is 0 Å². The van der Waals surface area contributed by atoms with E-state index in [-0.39, 0.29) is 11.8 Å². The molecule has 0 radical (unpaired) electrons. The minimum atomic E-state index is 0.0470. The van der Waals surface area contributed by atoms with Gasteiger partial charge in [0.05, 0.1) is 5.92 Å². The lowest BCUT2D eigenvalue weighted by atomic mass is 9.93. The first-order chi connectivity index (χ1) is 9.24. The molecule has 0 aliphatic carbocycles. The maximum Gasteiger partial charge on any atom is 0.225 e. The first-order valence-electron chi connectivity index (χ1n) is 6.85. The number of benzene rings is 1. The van der Waals surface area contributed by atoms with E-state index in [0.717, 1.165) is 25.1 Å². The molecule has 19 heavy (non-hydrogen) atoms.